The molecule has 0 fully saturated rings. The van der Waals surface area contributed by atoms with Crippen LogP contribution in [0.15, 0.2) is 39.3 Å². The monoisotopic (exact) mass is 411 g/mol. The van der Waals surface area contributed by atoms with Crippen molar-refractivity contribution >= 4 is 43.5 Å². The predicted octanol–water partition coefficient (Wildman–Crippen LogP) is 5.09. The van der Waals surface area contributed by atoms with E-state index in [1.165, 1.54) is 0 Å². The molecule has 0 heterocycles. The summed E-state index contributed by atoms with van der Waals surface area (Å²) in [6, 6.07) is 9.37. The summed E-state index contributed by atoms with van der Waals surface area (Å²) in [4.78, 5) is 12.4. The van der Waals surface area contributed by atoms with Gasteiger partial charge in [-0.2, -0.15) is 0 Å². The second-order valence-electron chi connectivity index (χ2n) is 4.77. The van der Waals surface area contributed by atoms with Gasteiger partial charge in [0.05, 0.1) is 12.8 Å². The van der Waals surface area contributed by atoms with Crippen LogP contribution in [0.5, 0.6) is 5.75 Å². The highest BCUT2D eigenvalue weighted by Crippen LogP contribution is 2.32. The van der Waals surface area contributed by atoms with Gasteiger partial charge in [0.2, 0.25) is 0 Å². The summed E-state index contributed by atoms with van der Waals surface area (Å²) in [5, 5.41) is 2.92. The van der Waals surface area contributed by atoms with Crippen LogP contribution in [-0.4, -0.2) is 13.0 Å². The van der Waals surface area contributed by atoms with E-state index < -0.39 is 0 Å². The maximum absolute atomic E-state index is 12.4. The van der Waals surface area contributed by atoms with Crippen molar-refractivity contribution in [2.45, 2.75) is 13.8 Å². The number of nitrogens with one attached hydrogen (secondary N) is 1. The average molecular weight is 413 g/mol. The molecule has 5 heteroatoms. The van der Waals surface area contributed by atoms with Crippen molar-refractivity contribution in [3.63, 3.8) is 0 Å². The number of carbonyl (C=O) groups is 1. The van der Waals surface area contributed by atoms with Crippen LogP contribution < -0.4 is 10.1 Å². The highest BCUT2D eigenvalue weighted by atomic mass is 79.9. The molecule has 1 N–H and O–H groups in total. The van der Waals surface area contributed by atoms with E-state index in [4.69, 9.17) is 4.74 Å². The number of rotatable bonds is 3. The number of anilines is 1. The number of halogens is 2. The van der Waals surface area contributed by atoms with Gasteiger partial charge in [0, 0.05) is 14.5 Å². The first-order chi connectivity index (χ1) is 9.90. The molecule has 21 heavy (non-hydrogen) atoms. The summed E-state index contributed by atoms with van der Waals surface area (Å²) in [6.07, 6.45) is 0. The number of carbonyl (C=O) groups excluding carboxylic acids is 1. The van der Waals surface area contributed by atoms with Crippen molar-refractivity contribution in [1.29, 1.82) is 0 Å². The first-order valence-electron chi connectivity index (χ1n) is 6.33. The van der Waals surface area contributed by atoms with Crippen LogP contribution in [0.2, 0.25) is 0 Å². The van der Waals surface area contributed by atoms with E-state index in [0.717, 1.165) is 20.1 Å². The summed E-state index contributed by atoms with van der Waals surface area (Å²) in [7, 11) is 1.58. The molecule has 2 rings (SSSR count). The molecule has 2 aromatic carbocycles. The van der Waals surface area contributed by atoms with Crippen LogP contribution in [0, 0.1) is 13.8 Å². The van der Waals surface area contributed by atoms with Gasteiger partial charge in [0.15, 0.2) is 0 Å². The maximum atomic E-state index is 12.4. The second kappa shape index (κ2) is 6.62. The van der Waals surface area contributed by atoms with Crippen LogP contribution in [0.25, 0.3) is 0 Å². The average Bonchev–Trinajstić information content (AvgIpc) is 2.40. The molecule has 0 aliphatic heterocycles. The SMILES string of the molecule is COc1cc(Br)cc(C)c1NC(=O)c1cc(C)cc(Br)c1. The van der Waals surface area contributed by atoms with Gasteiger partial charge < -0.3 is 10.1 Å². The van der Waals surface area contributed by atoms with Crippen LogP contribution in [0.3, 0.4) is 0 Å². The van der Waals surface area contributed by atoms with Gasteiger partial charge in [-0.05, 0) is 55.3 Å². The Kier molecular flexibility index (Phi) is 5.06. The first-order valence-corrected chi connectivity index (χ1v) is 7.92. The summed E-state index contributed by atoms with van der Waals surface area (Å²) in [5.41, 5.74) is 3.24. The van der Waals surface area contributed by atoms with Crippen molar-refractivity contribution in [1.82, 2.24) is 0 Å². The fourth-order valence-corrected chi connectivity index (χ4v) is 3.25. The fraction of sp³-hybridized carbons (Fsp3) is 0.188. The highest BCUT2D eigenvalue weighted by molar-refractivity contribution is 9.10. The van der Waals surface area contributed by atoms with E-state index in [9.17, 15) is 4.79 Å². The van der Waals surface area contributed by atoms with Crippen molar-refractivity contribution in [3.8, 4) is 5.75 Å². The third kappa shape index (κ3) is 3.86. The molecular weight excluding hydrogens is 398 g/mol. The van der Waals surface area contributed by atoms with E-state index in [1.807, 2.05) is 38.1 Å². The third-order valence-corrected chi connectivity index (χ3v) is 3.94. The van der Waals surface area contributed by atoms with Crippen molar-refractivity contribution in [2.75, 3.05) is 12.4 Å². The molecule has 0 spiro atoms. The van der Waals surface area contributed by atoms with Crippen LogP contribution >= 0.6 is 31.9 Å². The molecule has 0 atom stereocenters. The highest BCUT2D eigenvalue weighted by Gasteiger charge is 2.13. The Bertz CT molecular complexity index is 679. The molecule has 1 amide bonds. The minimum atomic E-state index is -0.164. The summed E-state index contributed by atoms with van der Waals surface area (Å²) >= 11 is 6.83. The molecule has 0 aliphatic rings. The van der Waals surface area contributed by atoms with Crippen LogP contribution in [0.1, 0.15) is 21.5 Å². The molecule has 0 saturated carbocycles. The van der Waals surface area contributed by atoms with Crippen molar-refractivity contribution < 1.29 is 9.53 Å². The summed E-state index contributed by atoms with van der Waals surface area (Å²) in [5.74, 6) is 0.463. The molecule has 2 aromatic rings. The molecular formula is C16H15Br2NO2. The lowest BCUT2D eigenvalue weighted by molar-refractivity contribution is 0.102. The molecule has 0 saturated heterocycles. The molecule has 0 radical (unpaired) electrons. The Morgan fingerprint density at radius 1 is 1.05 bits per heavy atom. The standard InChI is InChI=1S/C16H15Br2NO2/c1-9-4-11(7-12(17)5-9)16(20)19-15-10(2)6-13(18)8-14(15)21-3/h4-8H,1-3H3,(H,19,20). The number of benzene rings is 2. The zero-order chi connectivity index (χ0) is 15.6. The second-order valence-corrected chi connectivity index (χ2v) is 6.60. The third-order valence-electron chi connectivity index (χ3n) is 3.03. The minimum Gasteiger partial charge on any atom is -0.495 e. The van der Waals surface area contributed by atoms with Crippen LogP contribution in [-0.2, 0) is 0 Å². The van der Waals surface area contributed by atoms with E-state index in [-0.39, 0.29) is 5.91 Å². The number of aryl methyl sites for hydroxylation is 2. The summed E-state index contributed by atoms with van der Waals surface area (Å²) < 4.78 is 7.13. The van der Waals surface area contributed by atoms with Gasteiger partial charge in [-0.15, -0.1) is 0 Å². The molecule has 3 nitrogen and oxygen atoms in total. The molecule has 0 aliphatic carbocycles. The smallest absolute Gasteiger partial charge is 0.255 e. The van der Waals surface area contributed by atoms with Gasteiger partial charge in [-0.1, -0.05) is 31.9 Å². The Hall–Kier alpha value is -1.33. The van der Waals surface area contributed by atoms with E-state index in [0.29, 0.717) is 17.0 Å². The Morgan fingerprint density at radius 2 is 1.71 bits per heavy atom. The van der Waals surface area contributed by atoms with E-state index in [1.54, 1.807) is 13.2 Å². The van der Waals surface area contributed by atoms with Gasteiger partial charge in [0.25, 0.3) is 5.91 Å². The normalized spacial score (nSPS) is 10.3. The van der Waals surface area contributed by atoms with E-state index >= 15 is 0 Å². The molecule has 0 unspecified atom stereocenters. The molecule has 0 bridgehead atoms. The lowest BCUT2D eigenvalue weighted by Gasteiger charge is -2.14. The lowest BCUT2D eigenvalue weighted by atomic mass is 10.1. The maximum Gasteiger partial charge on any atom is 0.255 e. The van der Waals surface area contributed by atoms with Crippen molar-refractivity contribution in [3.05, 3.63) is 56.0 Å². The zero-order valence-corrected chi connectivity index (χ0v) is 15.1. The zero-order valence-electron chi connectivity index (χ0n) is 12.0. The Morgan fingerprint density at radius 3 is 2.33 bits per heavy atom. The topological polar surface area (TPSA) is 38.3 Å². The first kappa shape index (κ1) is 16.0. The number of hydrogen-bond acceptors (Lipinski definition) is 2. The van der Waals surface area contributed by atoms with Gasteiger partial charge in [-0.25, -0.2) is 0 Å². The van der Waals surface area contributed by atoms with E-state index in [2.05, 4.69) is 37.2 Å². The number of hydrogen-bond donors (Lipinski definition) is 1. The van der Waals surface area contributed by atoms with Gasteiger partial charge >= 0.3 is 0 Å². The number of amides is 1. The van der Waals surface area contributed by atoms with Gasteiger partial charge in [0.1, 0.15) is 5.75 Å². The quantitative estimate of drug-likeness (QED) is 0.762. The molecule has 110 valence electrons. The number of ether oxygens (including phenoxy) is 1. The fourth-order valence-electron chi connectivity index (χ4n) is 2.09. The predicted molar refractivity (Wildman–Crippen MR) is 92.3 cm³/mol. The Labute approximate surface area is 141 Å². The van der Waals surface area contributed by atoms with Gasteiger partial charge in [-0.3, -0.25) is 4.79 Å². The summed E-state index contributed by atoms with van der Waals surface area (Å²) in [6.45, 7) is 3.88. The van der Waals surface area contributed by atoms with Crippen molar-refractivity contribution in [2.24, 2.45) is 0 Å². The minimum absolute atomic E-state index is 0.164. The molecule has 0 aromatic heterocycles. The Balaban J connectivity index is 2.35. The lowest BCUT2D eigenvalue weighted by Crippen LogP contribution is -2.14. The van der Waals surface area contributed by atoms with Crippen LogP contribution in [0.4, 0.5) is 5.69 Å². The number of methoxy groups -OCH3 is 1. The largest absolute Gasteiger partial charge is 0.495 e.